The van der Waals surface area contributed by atoms with E-state index in [0.717, 1.165) is 35.8 Å². The lowest BCUT2D eigenvalue weighted by Gasteiger charge is -2.37. The summed E-state index contributed by atoms with van der Waals surface area (Å²) in [7, 11) is 0. The lowest BCUT2D eigenvalue weighted by molar-refractivity contribution is 0.0686. The number of thiophene rings is 1. The Morgan fingerprint density at radius 3 is 2.87 bits per heavy atom. The Labute approximate surface area is 181 Å². The van der Waals surface area contributed by atoms with Crippen molar-refractivity contribution >= 4 is 33.2 Å². The van der Waals surface area contributed by atoms with Crippen LogP contribution in [0.25, 0.3) is 10.1 Å². The van der Waals surface area contributed by atoms with Gasteiger partial charge in [-0.15, -0.1) is 11.3 Å². The van der Waals surface area contributed by atoms with Crippen molar-refractivity contribution in [3.63, 3.8) is 0 Å². The van der Waals surface area contributed by atoms with Crippen LogP contribution in [0, 0.1) is 5.41 Å². The normalized spacial score (nSPS) is 19.5. The van der Waals surface area contributed by atoms with Crippen LogP contribution in [0.1, 0.15) is 46.4 Å². The number of H-pyrrole nitrogens is 1. The van der Waals surface area contributed by atoms with E-state index in [1.165, 1.54) is 29.7 Å². The van der Waals surface area contributed by atoms with Crippen molar-refractivity contribution in [2.75, 3.05) is 13.1 Å². The van der Waals surface area contributed by atoms with E-state index in [0.29, 0.717) is 18.7 Å². The van der Waals surface area contributed by atoms with Gasteiger partial charge in [0.1, 0.15) is 5.75 Å². The Morgan fingerprint density at radius 1 is 1.29 bits per heavy atom. The molecule has 1 spiro atoms. The second-order valence-corrected chi connectivity index (χ2v) is 9.46. The van der Waals surface area contributed by atoms with Crippen molar-refractivity contribution in [3.8, 4) is 5.75 Å². The third-order valence-corrected chi connectivity index (χ3v) is 7.38. The summed E-state index contributed by atoms with van der Waals surface area (Å²) in [4.78, 5) is 39.1. The number of nitrogens with zero attached hydrogens (tertiary/aromatic N) is 2. The molecule has 8 nitrogen and oxygen atoms in total. The molecule has 9 heteroatoms. The van der Waals surface area contributed by atoms with Gasteiger partial charge in [-0.1, -0.05) is 6.42 Å². The molecular formula is C22H22N4O4S. The highest BCUT2D eigenvalue weighted by Crippen LogP contribution is 2.50. The number of amides is 2. The molecular weight excluding hydrogens is 416 g/mol. The fourth-order valence-corrected chi connectivity index (χ4v) is 5.62. The highest BCUT2D eigenvalue weighted by Gasteiger charge is 2.49. The number of carbonyl (C=O) groups excluding carboxylic acids is 2. The Hall–Kier alpha value is -3.20. The van der Waals surface area contributed by atoms with E-state index in [2.05, 4.69) is 15.5 Å². The highest BCUT2D eigenvalue weighted by molar-refractivity contribution is 7.17. The molecule has 1 aliphatic heterocycles. The van der Waals surface area contributed by atoms with E-state index < -0.39 is 11.5 Å². The van der Waals surface area contributed by atoms with Crippen LogP contribution in [0.15, 0.2) is 40.6 Å². The molecule has 3 aromatic rings. The fraction of sp³-hybridized carbons (Fsp3) is 0.364. The molecule has 160 valence electrons. The van der Waals surface area contributed by atoms with Gasteiger partial charge in [-0.05, 0) is 48.3 Å². The minimum absolute atomic E-state index is 0.103. The molecule has 2 aromatic heterocycles. The molecule has 2 amide bonds. The topological polar surface area (TPSA) is 115 Å². The zero-order chi connectivity index (χ0) is 21.6. The van der Waals surface area contributed by atoms with Gasteiger partial charge < -0.3 is 15.3 Å². The number of rotatable bonds is 4. The van der Waals surface area contributed by atoms with Crippen molar-refractivity contribution in [3.05, 3.63) is 57.3 Å². The Bertz CT molecular complexity index is 1230. The summed E-state index contributed by atoms with van der Waals surface area (Å²) in [6.45, 7) is 0.953. The highest BCUT2D eigenvalue weighted by atomic mass is 32.1. The summed E-state index contributed by atoms with van der Waals surface area (Å²) in [6, 6.07) is 6.25. The molecule has 1 saturated heterocycles. The zero-order valence-electron chi connectivity index (χ0n) is 16.8. The maximum absolute atomic E-state index is 13.4. The van der Waals surface area contributed by atoms with Crippen LogP contribution in [0.2, 0.25) is 0 Å². The quantitative estimate of drug-likeness (QED) is 0.579. The number of fused-ring (bicyclic) bond motifs is 1. The summed E-state index contributed by atoms with van der Waals surface area (Å²) >= 11 is 1.48. The van der Waals surface area contributed by atoms with E-state index in [1.54, 1.807) is 0 Å². The summed E-state index contributed by atoms with van der Waals surface area (Å²) in [6.07, 6.45) is 5.45. The maximum atomic E-state index is 13.4. The van der Waals surface area contributed by atoms with Crippen LogP contribution in [0.3, 0.4) is 0 Å². The van der Waals surface area contributed by atoms with Crippen LogP contribution in [-0.4, -0.2) is 51.1 Å². The summed E-state index contributed by atoms with van der Waals surface area (Å²) in [5.41, 5.74) is 0.318. The number of benzene rings is 1. The van der Waals surface area contributed by atoms with Gasteiger partial charge in [0, 0.05) is 40.8 Å². The molecule has 0 radical (unpaired) electrons. The van der Waals surface area contributed by atoms with Gasteiger partial charge in [-0.3, -0.25) is 14.4 Å². The number of hydrogen-bond donors (Lipinski definition) is 3. The number of phenols is 1. The van der Waals surface area contributed by atoms with E-state index in [9.17, 15) is 19.5 Å². The number of aromatic amines is 1. The van der Waals surface area contributed by atoms with Gasteiger partial charge in [0.2, 0.25) is 0 Å². The van der Waals surface area contributed by atoms with Crippen LogP contribution in [0.5, 0.6) is 5.75 Å². The van der Waals surface area contributed by atoms with Gasteiger partial charge >= 0.3 is 0 Å². The second kappa shape index (κ2) is 7.49. The Kier molecular flexibility index (Phi) is 4.77. The molecule has 0 bridgehead atoms. The van der Waals surface area contributed by atoms with Gasteiger partial charge in [-0.2, -0.15) is 5.10 Å². The van der Waals surface area contributed by atoms with Gasteiger partial charge in [-0.25, -0.2) is 5.10 Å². The number of likely N-dealkylation sites (tertiary alicyclic amines) is 1. The molecule has 1 saturated carbocycles. The predicted molar refractivity (Wildman–Crippen MR) is 116 cm³/mol. The SMILES string of the molecule is O=C(NCC1CC2(CCC2)CN1C(=O)c1cc(O)c2ccsc2c1)c1cn[nH]c(=O)c1. The van der Waals surface area contributed by atoms with E-state index in [-0.39, 0.29) is 28.7 Å². The summed E-state index contributed by atoms with van der Waals surface area (Å²) in [5, 5.41) is 21.7. The average molecular weight is 439 g/mol. The summed E-state index contributed by atoms with van der Waals surface area (Å²) in [5.74, 6) is -0.420. The van der Waals surface area contributed by atoms with Crippen molar-refractivity contribution in [1.29, 1.82) is 0 Å². The first kappa shape index (κ1) is 19.7. The smallest absolute Gasteiger partial charge is 0.264 e. The maximum Gasteiger partial charge on any atom is 0.264 e. The standard InChI is InChI=1S/C22H22N4O4S/c27-17-6-13(7-18-16(17)2-5-31-18)21(30)26-12-22(3-1-4-22)9-15(26)11-23-20(29)14-8-19(28)25-24-10-14/h2,5-8,10,15,27H,1,3-4,9,11-12H2,(H,23,29)(H,25,28). The number of phenolic OH excluding ortho intramolecular Hbond substituents is 1. The number of hydrogen-bond acceptors (Lipinski definition) is 6. The molecule has 3 heterocycles. The van der Waals surface area contributed by atoms with E-state index >= 15 is 0 Å². The molecule has 31 heavy (non-hydrogen) atoms. The monoisotopic (exact) mass is 438 g/mol. The minimum atomic E-state index is -0.442. The van der Waals surface area contributed by atoms with Gasteiger partial charge in [0.25, 0.3) is 17.4 Å². The minimum Gasteiger partial charge on any atom is -0.507 e. The summed E-state index contributed by atoms with van der Waals surface area (Å²) < 4.78 is 0.868. The third-order valence-electron chi connectivity index (χ3n) is 6.51. The van der Waals surface area contributed by atoms with Crippen LogP contribution < -0.4 is 10.9 Å². The van der Waals surface area contributed by atoms with E-state index in [1.807, 2.05) is 22.4 Å². The molecule has 1 atom stereocenters. The largest absolute Gasteiger partial charge is 0.507 e. The third kappa shape index (κ3) is 3.59. The molecule has 2 fully saturated rings. The van der Waals surface area contributed by atoms with Crippen molar-refractivity contribution in [2.24, 2.45) is 5.41 Å². The first-order valence-corrected chi connectivity index (χ1v) is 11.2. The number of aromatic hydroxyl groups is 1. The van der Waals surface area contributed by atoms with E-state index in [4.69, 9.17) is 0 Å². The molecule has 5 rings (SSSR count). The fourth-order valence-electron chi connectivity index (χ4n) is 4.78. The average Bonchev–Trinajstić information content (AvgIpc) is 3.36. The van der Waals surface area contributed by atoms with Crippen molar-refractivity contribution in [2.45, 2.75) is 31.7 Å². The lowest BCUT2D eigenvalue weighted by Crippen LogP contribution is -2.43. The molecule has 1 aromatic carbocycles. The van der Waals surface area contributed by atoms with Crippen LogP contribution in [-0.2, 0) is 0 Å². The first-order valence-electron chi connectivity index (χ1n) is 10.3. The number of nitrogens with one attached hydrogen (secondary N) is 2. The lowest BCUT2D eigenvalue weighted by atomic mass is 9.67. The van der Waals surface area contributed by atoms with Gasteiger partial charge in [0.15, 0.2) is 0 Å². The number of carbonyl (C=O) groups is 2. The predicted octanol–water partition coefficient (Wildman–Crippen LogP) is 2.50. The Balaban J connectivity index is 1.37. The second-order valence-electron chi connectivity index (χ2n) is 8.52. The molecule has 1 aliphatic carbocycles. The van der Waals surface area contributed by atoms with Crippen molar-refractivity contribution in [1.82, 2.24) is 20.4 Å². The van der Waals surface area contributed by atoms with Crippen molar-refractivity contribution < 1.29 is 14.7 Å². The first-order chi connectivity index (χ1) is 14.9. The van der Waals surface area contributed by atoms with Gasteiger partial charge in [0.05, 0.1) is 11.8 Å². The molecule has 3 N–H and O–H groups in total. The van der Waals surface area contributed by atoms with Crippen LogP contribution in [0.4, 0.5) is 0 Å². The molecule has 2 aliphatic rings. The number of aromatic nitrogens is 2. The van der Waals surface area contributed by atoms with Crippen LogP contribution >= 0.6 is 11.3 Å². The Morgan fingerprint density at radius 2 is 2.13 bits per heavy atom. The zero-order valence-corrected chi connectivity index (χ0v) is 17.6. The molecule has 1 unspecified atom stereocenters.